The number of nitrogens with two attached hydrogens (primary N) is 1. The van der Waals surface area contributed by atoms with Crippen molar-refractivity contribution < 1.29 is 14.4 Å². The molecule has 0 aliphatic carbocycles. The van der Waals surface area contributed by atoms with E-state index in [1.54, 1.807) is 6.92 Å². The van der Waals surface area contributed by atoms with E-state index in [4.69, 9.17) is 5.73 Å². The Hall–Kier alpha value is -4.66. The maximum absolute atomic E-state index is 13.7. The molecule has 6 N–H and O–H groups in total. The second-order valence-electron chi connectivity index (χ2n) is 9.41. The molecule has 0 aromatic heterocycles. The topological polar surface area (TPSA) is 138 Å². The Morgan fingerprint density at radius 3 is 2.00 bits per heavy atom. The predicted octanol–water partition coefficient (Wildman–Crippen LogP) is 3.34. The van der Waals surface area contributed by atoms with Crippen molar-refractivity contribution in [3.63, 3.8) is 0 Å². The monoisotopic (exact) mass is 542 g/mol. The second-order valence-corrected chi connectivity index (χ2v) is 9.41. The van der Waals surface area contributed by atoms with E-state index in [1.807, 2.05) is 91.9 Å². The Morgan fingerprint density at radius 1 is 0.825 bits per heavy atom. The van der Waals surface area contributed by atoms with Gasteiger partial charge in [-0.2, -0.15) is 0 Å². The van der Waals surface area contributed by atoms with Crippen LogP contribution >= 0.6 is 0 Å². The van der Waals surface area contributed by atoms with Crippen molar-refractivity contribution in [1.29, 1.82) is 0 Å². The molecular weight excluding hydrogens is 504 g/mol. The molecule has 9 heteroatoms. The maximum Gasteiger partial charge on any atom is 0.321 e. The molecule has 0 fully saturated rings. The average Bonchev–Trinajstić information content (AvgIpc) is 2.95. The standard InChI is InChI=1S/C31H38N6O3/c1-3-33-31(40)37-30(32)34-20-10-15-26(28(38)35-21-23-18-16-22(2)17-19-23)36-29(39)27(24-11-6-4-7-12-24)25-13-8-5-9-14-25/h4-9,11-14,16-19,26-27H,3,10,15,20-21H2,1-2H3,(H,35,38)(H,36,39)(H4,32,33,34,37,40). The van der Waals surface area contributed by atoms with Crippen LogP contribution in [0.5, 0.6) is 0 Å². The van der Waals surface area contributed by atoms with E-state index in [1.165, 1.54) is 0 Å². The van der Waals surface area contributed by atoms with Crippen LogP contribution < -0.4 is 27.0 Å². The van der Waals surface area contributed by atoms with E-state index in [9.17, 15) is 14.4 Å². The zero-order chi connectivity index (χ0) is 28.7. The first kappa shape index (κ1) is 29.9. The molecule has 0 bridgehead atoms. The SMILES string of the molecule is CCNC(=O)NC(N)=NCCCC(NC(=O)C(c1ccccc1)c1ccccc1)C(=O)NCc1ccc(C)cc1. The van der Waals surface area contributed by atoms with Gasteiger partial charge in [-0.1, -0.05) is 90.5 Å². The van der Waals surface area contributed by atoms with Gasteiger partial charge in [0, 0.05) is 19.6 Å². The summed E-state index contributed by atoms with van der Waals surface area (Å²) in [5.74, 6) is -1.15. The van der Waals surface area contributed by atoms with Crippen molar-refractivity contribution in [1.82, 2.24) is 21.3 Å². The lowest BCUT2D eigenvalue weighted by atomic mass is 9.90. The van der Waals surface area contributed by atoms with E-state index < -0.39 is 18.0 Å². The predicted molar refractivity (Wildman–Crippen MR) is 158 cm³/mol. The molecule has 3 aromatic carbocycles. The van der Waals surface area contributed by atoms with Crippen LogP contribution in [0.15, 0.2) is 89.9 Å². The van der Waals surface area contributed by atoms with Crippen molar-refractivity contribution in [2.75, 3.05) is 13.1 Å². The smallest absolute Gasteiger partial charge is 0.321 e. The lowest BCUT2D eigenvalue weighted by Gasteiger charge is -2.23. The summed E-state index contributed by atoms with van der Waals surface area (Å²) in [6.45, 7) is 4.88. The molecule has 9 nitrogen and oxygen atoms in total. The second kappa shape index (κ2) is 15.7. The van der Waals surface area contributed by atoms with Gasteiger partial charge in [-0.3, -0.25) is 19.9 Å². The van der Waals surface area contributed by atoms with Crippen molar-refractivity contribution in [2.45, 2.75) is 45.2 Å². The van der Waals surface area contributed by atoms with Crippen LogP contribution in [-0.4, -0.2) is 42.9 Å². The Balaban J connectivity index is 1.73. The number of carbonyl (C=O) groups excluding carboxylic acids is 3. The fourth-order valence-corrected chi connectivity index (χ4v) is 4.18. The Kier molecular flexibility index (Phi) is 11.7. The van der Waals surface area contributed by atoms with Crippen LogP contribution in [0, 0.1) is 6.92 Å². The number of benzene rings is 3. The first-order valence-corrected chi connectivity index (χ1v) is 13.5. The first-order valence-electron chi connectivity index (χ1n) is 13.5. The third-order valence-corrected chi connectivity index (χ3v) is 6.26. The Morgan fingerprint density at radius 2 is 1.43 bits per heavy atom. The number of aryl methyl sites for hydroxylation is 1. The zero-order valence-electron chi connectivity index (χ0n) is 23.0. The average molecular weight is 543 g/mol. The van der Waals surface area contributed by atoms with E-state index in [2.05, 4.69) is 26.3 Å². The summed E-state index contributed by atoms with van der Waals surface area (Å²) in [7, 11) is 0. The summed E-state index contributed by atoms with van der Waals surface area (Å²) >= 11 is 0. The number of amides is 4. The summed E-state index contributed by atoms with van der Waals surface area (Å²) in [5.41, 5.74) is 9.54. The number of guanidine groups is 1. The molecule has 0 heterocycles. The molecule has 0 aliphatic rings. The third-order valence-electron chi connectivity index (χ3n) is 6.26. The van der Waals surface area contributed by atoms with Gasteiger partial charge in [0.25, 0.3) is 0 Å². The number of nitrogens with zero attached hydrogens (tertiary/aromatic N) is 1. The van der Waals surface area contributed by atoms with Crippen LogP contribution in [0.1, 0.15) is 47.9 Å². The fourth-order valence-electron chi connectivity index (χ4n) is 4.18. The van der Waals surface area contributed by atoms with Gasteiger partial charge in [0.15, 0.2) is 5.96 Å². The molecule has 0 saturated carbocycles. The molecule has 210 valence electrons. The molecule has 0 radical (unpaired) electrons. The lowest BCUT2D eigenvalue weighted by molar-refractivity contribution is -0.129. The number of hydrogen-bond acceptors (Lipinski definition) is 4. The zero-order valence-corrected chi connectivity index (χ0v) is 23.0. The largest absolute Gasteiger partial charge is 0.370 e. The quantitative estimate of drug-likeness (QED) is 0.136. The number of hydrogen-bond donors (Lipinski definition) is 5. The van der Waals surface area contributed by atoms with Crippen LogP contribution in [0.3, 0.4) is 0 Å². The minimum atomic E-state index is -0.791. The molecular formula is C31H38N6O3. The number of carbonyl (C=O) groups is 3. The molecule has 1 atom stereocenters. The highest BCUT2D eigenvalue weighted by molar-refractivity contribution is 5.95. The first-order chi connectivity index (χ1) is 19.4. The molecule has 1 unspecified atom stereocenters. The number of rotatable bonds is 12. The van der Waals surface area contributed by atoms with E-state index in [-0.39, 0.29) is 24.3 Å². The maximum atomic E-state index is 13.7. The lowest BCUT2D eigenvalue weighted by Crippen LogP contribution is -2.48. The van der Waals surface area contributed by atoms with Crippen LogP contribution in [-0.2, 0) is 16.1 Å². The van der Waals surface area contributed by atoms with Crippen molar-refractivity contribution >= 4 is 23.8 Å². The molecule has 3 aromatic rings. The highest BCUT2D eigenvalue weighted by atomic mass is 16.2. The number of urea groups is 1. The molecule has 0 aliphatic heterocycles. The van der Waals surface area contributed by atoms with Gasteiger partial charge in [-0.05, 0) is 43.4 Å². The van der Waals surface area contributed by atoms with Gasteiger partial charge >= 0.3 is 6.03 Å². The van der Waals surface area contributed by atoms with Gasteiger partial charge < -0.3 is 21.7 Å². The minimum Gasteiger partial charge on any atom is -0.370 e. The van der Waals surface area contributed by atoms with Gasteiger partial charge in [0.2, 0.25) is 11.8 Å². The summed E-state index contributed by atoms with van der Waals surface area (Å²) in [6.07, 6.45) is 0.793. The third kappa shape index (κ3) is 9.58. The van der Waals surface area contributed by atoms with Gasteiger partial charge in [-0.25, -0.2) is 4.79 Å². The Bertz CT molecular complexity index is 1220. The normalized spacial score (nSPS) is 11.9. The molecule has 40 heavy (non-hydrogen) atoms. The summed E-state index contributed by atoms with van der Waals surface area (Å²) < 4.78 is 0. The molecule has 0 spiro atoms. The van der Waals surface area contributed by atoms with Gasteiger partial charge in [-0.15, -0.1) is 0 Å². The van der Waals surface area contributed by atoms with Crippen LogP contribution in [0.2, 0.25) is 0 Å². The fraction of sp³-hybridized carbons (Fsp3) is 0.290. The highest BCUT2D eigenvalue weighted by Crippen LogP contribution is 2.25. The van der Waals surface area contributed by atoms with Gasteiger partial charge in [0.1, 0.15) is 6.04 Å². The summed E-state index contributed by atoms with van der Waals surface area (Å²) in [4.78, 5) is 42.8. The number of aliphatic imine (C=N–C) groups is 1. The molecule has 3 rings (SSSR count). The van der Waals surface area contributed by atoms with Crippen molar-refractivity contribution in [3.8, 4) is 0 Å². The highest BCUT2D eigenvalue weighted by Gasteiger charge is 2.27. The summed E-state index contributed by atoms with van der Waals surface area (Å²) in [5, 5.41) is 11.0. The van der Waals surface area contributed by atoms with Crippen molar-refractivity contribution in [2.24, 2.45) is 10.7 Å². The number of nitrogens with one attached hydrogen (secondary N) is 4. The van der Waals surface area contributed by atoms with E-state index in [0.29, 0.717) is 25.9 Å². The van der Waals surface area contributed by atoms with Gasteiger partial charge in [0.05, 0.1) is 5.92 Å². The van der Waals surface area contributed by atoms with Crippen LogP contribution in [0.4, 0.5) is 4.79 Å². The molecule has 4 amide bonds. The van der Waals surface area contributed by atoms with E-state index in [0.717, 1.165) is 22.3 Å². The van der Waals surface area contributed by atoms with Crippen LogP contribution in [0.25, 0.3) is 0 Å². The minimum absolute atomic E-state index is 0.0106. The molecule has 0 saturated heterocycles. The summed E-state index contributed by atoms with van der Waals surface area (Å²) in [6, 6.07) is 25.7. The Labute approximate surface area is 235 Å². The van der Waals surface area contributed by atoms with E-state index >= 15 is 0 Å². The van der Waals surface area contributed by atoms with Crippen molar-refractivity contribution in [3.05, 3.63) is 107 Å².